The van der Waals surface area contributed by atoms with Gasteiger partial charge in [0.25, 0.3) is 0 Å². The minimum Gasteiger partial charge on any atom is -0.354 e. The van der Waals surface area contributed by atoms with Crippen molar-refractivity contribution in [3.63, 3.8) is 0 Å². The number of nitrogens with two attached hydrogens (primary N) is 1. The summed E-state index contributed by atoms with van der Waals surface area (Å²) in [5.74, 6) is 1.55. The third-order valence-electron chi connectivity index (χ3n) is 7.73. The first-order chi connectivity index (χ1) is 16.8. The Hall–Kier alpha value is -2.43. The van der Waals surface area contributed by atoms with Crippen LogP contribution in [0.3, 0.4) is 0 Å². The van der Waals surface area contributed by atoms with Crippen LogP contribution in [0.2, 0.25) is 0 Å². The summed E-state index contributed by atoms with van der Waals surface area (Å²) < 4.78 is 0. The monoisotopic (exact) mass is 481 g/mol. The summed E-state index contributed by atoms with van der Waals surface area (Å²) in [5.41, 5.74) is 7.64. The van der Waals surface area contributed by atoms with Gasteiger partial charge in [-0.2, -0.15) is 5.26 Å². The lowest BCUT2D eigenvalue weighted by molar-refractivity contribution is -0.142. The van der Waals surface area contributed by atoms with Gasteiger partial charge < -0.3 is 16.0 Å². The lowest BCUT2D eigenvalue weighted by Crippen LogP contribution is -2.57. The van der Waals surface area contributed by atoms with Crippen LogP contribution in [0.4, 0.5) is 0 Å². The molecule has 1 heterocycles. The molecule has 2 fully saturated rings. The molecule has 2 amide bonds. The minimum absolute atomic E-state index is 0.0197. The Bertz CT molecular complexity index is 870. The van der Waals surface area contributed by atoms with Crippen molar-refractivity contribution >= 4 is 11.8 Å². The lowest BCUT2D eigenvalue weighted by Gasteiger charge is -2.43. The van der Waals surface area contributed by atoms with Crippen molar-refractivity contribution in [3.05, 3.63) is 35.4 Å². The maximum atomic E-state index is 13.3. The third-order valence-corrected chi connectivity index (χ3v) is 7.73. The molecule has 2 atom stereocenters. The highest BCUT2D eigenvalue weighted by molar-refractivity contribution is 5.87. The van der Waals surface area contributed by atoms with Crippen LogP contribution in [0.1, 0.15) is 70.4 Å². The Morgan fingerprint density at radius 3 is 2.37 bits per heavy atom. The van der Waals surface area contributed by atoms with Crippen LogP contribution in [0.15, 0.2) is 24.3 Å². The molecule has 0 radical (unpaired) electrons. The fraction of sp³-hybridized carbons (Fsp3) is 0.679. The van der Waals surface area contributed by atoms with E-state index in [4.69, 9.17) is 11.0 Å². The van der Waals surface area contributed by atoms with Gasteiger partial charge in [0.15, 0.2) is 0 Å². The van der Waals surface area contributed by atoms with Crippen molar-refractivity contribution in [2.75, 3.05) is 26.2 Å². The largest absolute Gasteiger partial charge is 0.354 e. The van der Waals surface area contributed by atoms with Crippen molar-refractivity contribution in [2.24, 2.45) is 23.5 Å². The SMILES string of the molecule is CC(=O)N1CCC(N(Cc2ccc(C#N)cc2)CC(C)C)C[C@@H]1C(=O)NCC1CCC(CN)CC1. The van der Waals surface area contributed by atoms with Crippen LogP contribution < -0.4 is 11.1 Å². The van der Waals surface area contributed by atoms with Crippen LogP contribution in [-0.4, -0.2) is 59.9 Å². The predicted octanol–water partition coefficient (Wildman–Crippen LogP) is 3.28. The Balaban J connectivity index is 1.66. The fourth-order valence-corrected chi connectivity index (χ4v) is 5.67. The van der Waals surface area contributed by atoms with Gasteiger partial charge in [-0.25, -0.2) is 0 Å². The zero-order valence-electron chi connectivity index (χ0n) is 21.7. The van der Waals surface area contributed by atoms with E-state index in [9.17, 15) is 9.59 Å². The number of rotatable bonds is 9. The molecule has 7 heteroatoms. The van der Waals surface area contributed by atoms with E-state index in [1.807, 2.05) is 24.3 Å². The average Bonchev–Trinajstić information content (AvgIpc) is 2.87. The number of nitrogens with zero attached hydrogens (tertiary/aromatic N) is 3. The maximum Gasteiger partial charge on any atom is 0.242 e. The van der Waals surface area contributed by atoms with Crippen LogP contribution >= 0.6 is 0 Å². The molecule has 1 aromatic carbocycles. The number of likely N-dealkylation sites (tertiary alicyclic amines) is 1. The van der Waals surface area contributed by atoms with Gasteiger partial charge in [0.05, 0.1) is 11.6 Å². The fourth-order valence-electron chi connectivity index (χ4n) is 5.67. The first-order valence-corrected chi connectivity index (χ1v) is 13.3. The van der Waals surface area contributed by atoms with Gasteiger partial charge in [-0.05, 0) is 80.5 Å². The molecule has 0 bridgehead atoms. The van der Waals surface area contributed by atoms with E-state index in [2.05, 4.69) is 30.1 Å². The van der Waals surface area contributed by atoms with E-state index < -0.39 is 6.04 Å². The van der Waals surface area contributed by atoms with Gasteiger partial charge in [0.1, 0.15) is 6.04 Å². The molecular formula is C28H43N5O2. The molecule has 1 aliphatic heterocycles. The van der Waals surface area contributed by atoms with Crippen LogP contribution in [0.25, 0.3) is 0 Å². The molecule has 192 valence electrons. The normalized spacial score (nSPS) is 24.9. The Morgan fingerprint density at radius 2 is 1.80 bits per heavy atom. The second-order valence-electron chi connectivity index (χ2n) is 10.9. The molecular weight excluding hydrogens is 438 g/mol. The highest BCUT2D eigenvalue weighted by Crippen LogP contribution is 2.28. The summed E-state index contributed by atoms with van der Waals surface area (Å²) in [7, 11) is 0. The first kappa shape index (κ1) is 27.2. The van der Waals surface area contributed by atoms with Gasteiger partial charge in [-0.15, -0.1) is 0 Å². The molecule has 7 nitrogen and oxygen atoms in total. The van der Waals surface area contributed by atoms with E-state index in [-0.39, 0.29) is 17.9 Å². The van der Waals surface area contributed by atoms with Gasteiger partial charge in [-0.1, -0.05) is 26.0 Å². The van der Waals surface area contributed by atoms with Crippen molar-refractivity contribution in [1.29, 1.82) is 5.26 Å². The second-order valence-corrected chi connectivity index (χ2v) is 10.9. The highest BCUT2D eigenvalue weighted by atomic mass is 16.2. The Labute approximate surface area is 211 Å². The first-order valence-electron chi connectivity index (χ1n) is 13.3. The second kappa shape index (κ2) is 13.0. The highest BCUT2D eigenvalue weighted by Gasteiger charge is 2.37. The Kier molecular flexibility index (Phi) is 10.1. The van der Waals surface area contributed by atoms with Crippen LogP contribution in [0, 0.1) is 29.1 Å². The van der Waals surface area contributed by atoms with Gasteiger partial charge in [0.2, 0.25) is 11.8 Å². The summed E-state index contributed by atoms with van der Waals surface area (Å²) in [4.78, 5) is 29.9. The number of nitriles is 1. The topological polar surface area (TPSA) is 102 Å². The smallest absolute Gasteiger partial charge is 0.242 e. The van der Waals surface area contributed by atoms with Gasteiger partial charge in [0, 0.05) is 39.1 Å². The molecule has 0 spiro atoms. The maximum absolute atomic E-state index is 13.3. The van der Waals surface area contributed by atoms with E-state index in [0.717, 1.165) is 57.3 Å². The summed E-state index contributed by atoms with van der Waals surface area (Å²) >= 11 is 0. The zero-order chi connectivity index (χ0) is 25.4. The van der Waals surface area contributed by atoms with E-state index >= 15 is 0 Å². The van der Waals surface area contributed by atoms with Crippen molar-refractivity contribution in [3.8, 4) is 6.07 Å². The molecule has 3 rings (SSSR count). The molecule has 1 unspecified atom stereocenters. The standard InChI is InChI=1S/C28H43N5O2/c1-20(2)18-32(19-25-10-6-23(16-30)7-11-25)26-12-13-33(21(3)34)27(14-26)28(35)31-17-24-8-4-22(15-29)5-9-24/h6-7,10-11,20,22,24,26-27H,4-5,8-9,12-15,17-19,29H2,1-3H3,(H,31,35)/t22?,24?,26?,27-/m1/s1. The van der Waals surface area contributed by atoms with E-state index in [1.54, 1.807) is 11.8 Å². The summed E-state index contributed by atoms with van der Waals surface area (Å²) in [6.07, 6.45) is 6.00. The third kappa shape index (κ3) is 7.78. The molecule has 2 aliphatic rings. The summed E-state index contributed by atoms with van der Waals surface area (Å²) in [5, 5.41) is 12.3. The number of nitrogens with one attached hydrogen (secondary N) is 1. The number of hydrogen-bond donors (Lipinski definition) is 2. The zero-order valence-corrected chi connectivity index (χ0v) is 21.7. The van der Waals surface area contributed by atoms with E-state index in [0.29, 0.717) is 42.8 Å². The molecule has 1 aliphatic carbocycles. The van der Waals surface area contributed by atoms with Crippen molar-refractivity contribution in [1.82, 2.24) is 15.1 Å². The quantitative estimate of drug-likeness (QED) is 0.564. The lowest BCUT2D eigenvalue weighted by atomic mass is 9.82. The van der Waals surface area contributed by atoms with E-state index in [1.165, 1.54) is 0 Å². The molecule has 3 N–H and O–H groups in total. The summed E-state index contributed by atoms with van der Waals surface area (Å²) in [6.45, 7) is 9.71. The Morgan fingerprint density at radius 1 is 1.14 bits per heavy atom. The summed E-state index contributed by atoms with van der Waals surface area (Å²) in [6, 6.07) is 9.72. The number of carbonyl (C=O) groups excluding carboxylic acids is 2. The number of hydrogen-bond acceptors (Lipinski definition) is 5. The van der Waals surface area contributed by atoms with Crippen molar-refractivity contribution < 1.29 is 9.59 Å². The van der Waals surface area contributed by atoms with Gasteiger partial charge in [-0.3, -0.25) is 14.5 Å². The van der Waals surface area contributed by atoms with Crippen LogP contribution in [0.5, 0.6) is 0 Å². The number of benzene rings is 1. The number of amides is 2. The van der Waals surface area contributed by atoms with Crippen LogP contribution in [-0.2, 0) is 16.1 Å². The molecule has 1 saturated carbocycles. The number of piperidine rings is 1. The average molecular weight is 482 g/mol. The minimum atomic E-state index is -0.428. The predicted molar refractivity (Wildman–Crippen MR) is 138 cm³/mol. The molecule has 0 aromatic heterocycles. The molecule has 1 aromatic rings. The molecule has 1 saturated heterocycles. The molecule has 35 heavy (non-hydrogen) atoms. The van der Waals surface area contributed by atoms with Crippen molar-refractivity contribution in [2.45, 2.75) is 77.9 Å². The van der Waals surface area contributed by atoms with Gasteiger partial charge >= 0.3 is 0 Å². The number of carbonyl (C=O) groups is 2.